The molecule has 0 spiro atoms. The van der Waals surface area contributed by atoms with Crippen LogP contribution in [0.3, 0.4) is 0 Å². The molecule has 9 heteroatoms. The lowest BCUT2D eigenvalue weighted by Crippen LogP contribution is -2.44. The third kappa shape index (κ3) is 6.34. The molecule has 0 unspecified atom stereocenters. The summed E-state index contributed by atoms with van der Waals surface area (Å²) in [4.78, 5) is 25.5. The predicted octanol–water partition coefficient (Wildman–Crippen LogP) is 4.28. The summed E-state index contributed by atoms with van der Waals surface area (Å²) in [6, 6.07) is 7.91. The molecule has 0 bridgehead atoms. The second kappa shape index (κ2) is 11.3. The fourth-order valence-electron chi connectivity index (χ4n) is 3.75. The van der Waals surface area contributed by atoms with Crippen LogP contribution in [0.25, 0.3) is 10.9 Å². The smallest absolute Gasteiger partial charge is 0.247 e. The van der Waals surface area contributed by atoms with E-state index in [-0.39, 0.29) is 10.9 Å². The van der Waals surface area contributed by atoms with Crippen LogP contribution in [0.4, 0.5) is 21.6 Å². The summed E-state index contributed by atoms with van der Waals surface area (Å²) in [5.41, 5.74) is 2.40. The lowest BCUT2D eigenvalue weighted by molar-refractivity contribution is -0.111. The van der Waals surface area contributed by atoms with E-state index >= 15 is 0 Å². The zero-order valence-electron chi connectivity index (χ0n) is 19.4. The molecule has 7 nitrogen and oxygen atoms in total. The zero-order valence-corrected chi connectivity index (χ0v) is 20.2. The SMILES string of the molecule is C=CC(=O)Nc1cc2c(Nc3ccc(F)c(Cl)c3)ncnc2cc1C#CCCN1CCN(C)CC1. The number of nitrogens with one attached hydrogen (secondary N) is 2. The van der Waals surface area contributed by atoms with Crippen molar-refractivity contribution < 1.29 is 9.18 Å². The summed E-state index contributed by atoms with van der Waals surface area (Å²) in [6.45, 7) is 8.65. The number of likely N-dealkylation sites (N-methyl/N-ethyl adjacent to an activating group) is 1. The molecule has 35 heavy (non-hydrogen) atoms. The van der Waals surface area contributed by atoms with Crippen LogP contribution < -0.4 is 10.6 Å². The highest BCUT2D eigenvalue weighted by Crippen LogP contribution is 2.29. The molecule has 180 valence electrons. The van der Waals surface area contributed by atoms with Crippen LogP contribution in [0.5, 0.6) is 0 Å². The van der Waals surface area contributed by atoms with Gasteiger partial charge in [0.1, 0.15) is 18.0 Å². The van der Waals surface area contributed by atoms with Gasteiger partial charge in [-0.05, 0) is 43.5 Å². The summed E-state index contributed by atoms with van der Waals surface area (Å²) in [5.74, 6) is 6.06. The van der Waals surface area contributed by atoms with Gasteiger partial charge in [0, 0.05) is 50.2 Å². The average Bonchev–Trinajstić information content (AvgIpc) is 2.85. The molecule has 1 saturated heterocycles. The number of hydrogen-bond acceptors (Lipinski definition) is 6. The number of carbonyl (C=O) groups is 1. The quantitative estimate of drug-likeness (QED) is 0.395. The van der Waals surface area contributed by atoms with Crippen molar-refractivity contribution in [2.24, 2.45) is 0 Å². The molecule has 0 saturated carbocycles. The van der Waals surface area contributed by atoms with Gasteiger partial charge in [-0.15, -0.1) is 0 Å². The van der Waals surface area contributed by atoms with Gasteiger partial charge in [0.05, 0.1) is 21.8 Å². The summed E-state index contributed by atoms with van der Waals surface area (Å²) < 4.78 is 13.5. The van der Waals surface area contributed by atoms with Crippen molar-refractivity contribution >= 4 is 45.6 Å². The van der Waals surface area contributed by atoms with Gasteiger partial charge in [0.2, 0.25) is 5.91 Å². The third-order valence-electron chi connectivity index (χ3n) is 5.77. The molecule has 1 fully saturated rings. The van der Waals surface area contributed by atoms with E-state index in [2.05, 4.69) is 55.9 Å². The fourth-order valence-corrected chi connectivity index (χ4v) is 3.93. The number of aromatic nitrogens is 2. The summed E-state index contributed by atoms with van der Waals surface area (Å²) in [5, 5.41) is 6.63. The van der Waals surface area contributed by atoms with Crippen LogP contribution in [0.1, 0.15) is 12.0 Å². The number of halogens is 2. The summed E-state index contributed by atoms with van der Waals surface area (Å²) >= 11 is 5.91. The molecule has 2 aromatic carbocycles. The molecule has 0 radical (unpaired) electrons. The van der Waals surface area contributed by atoms with E-state index in [9.17, 15) is 9.18 Å². The molecular weight excluding hydrogens is 467 g/mol. The normalized spacial score (nSPS) is 14.3. The number of hydrogen-bond donors (Lipinski definition) is 2. The maximum atomic E-state index is 13.5. The lowest BCUT2D eigenvalue weighted by Gasteiger charge is -2.31. The number of rotatable bonds is 6. The molecular formula is C26H26ClFN6O. The molecule has 0 atom stereocenters. The van der Waals surface area contributed by atoms with Crippen molar-refractivity contribution in [2.45, 2.75) is 6.42 Å². The van der Waals surface area contributed by atoms with E-state index in [0.29, 0.717) is 33.7 Å². The van der Waals surface area contributed by atoms with Crippen LogP contribution in [0, 0.1) is 17.7 Å². The molecule has 4 rings (SSSR count). The third-order valence-corrected chi connectivity index (χ3v) is 6.06. The van der Waals surface area contributed by atoms with Crippen molar-refractivity contribution in [3.05, 3.63) is 65.7 Å². The Morgan fingerprint density at radius 2 is 2.03 bits per heavy atom. The van der Waals surface area contributed by atoms with Gasteiger partial charge >= 0.3 is 0 Å². The van der Waals surface area contributed by atoms with E-state index in [1.54, 1.807) is 12.1 Å². The van der Waals surface area contributed by atoms with Crippen molar-refractivity contribution in [2.75, 3.05) is 50.4 Å². The molecule has 0 aliphatic carbocycles. The first-order chi connectivity index (χ1) is 16.9. The second-order valence-corrected chi connectivity index (χ2v) is 8.69. The highest BCUT2D eigenvalue weighted by Gasteiger charge is 2.13. The molecule has 2 N–H and O–H groups in total. The first-order valence-electron chi connectivity index (χ1n) is 11.3. The Morgan fingerprint density at radius 3 is 2.77 bits per heavy atom. The Balaban J connectivity index is 1.61. The number of piperazine rings is 1. The minimum absolute atomic E-state index is 0.00133. The Hall–Kier alpha value is -3.51. The van der Waals surface area contributed by atoms with Crippen LogP contribution in [-0.2, 0) is 4.79 Å². The van der Waals surface area contributed by atoms with Crippen molar-refractivity contribution in [3.63, 3.8) is 0 Å². The number of nitrogens with zero attached hydrogens (tertiary/aromatic N) is 4. The van der Waals surface area contributed by atoms with Crippen LogP contribution in [0.15, 0.2) is 49.3 Å². The largest absolute Gasteiger partial charge is 0.340 e. The standard InChI is InChI=1S/C26H26ClFN6O/c1-3-25(35)32-23-16-20-24(14-18(23)6-4-5-9-34-12-10-33(2)11-13-34)29-17-30-26(20)31-19-7-8-22(28)21(27)15-19/h3,7-8,14-17H,1,5,9-13H2,2H3,(H,32,35)(H,29,30,31). The maximum Gasteiger partial charge on any atom is 0.247 e. The Labute approximate surface area is 209 Å². The van der Waals surface area contributed by atoms with Crippen LogP contribution in [-0.4, -0.2) is 65.4 Å². The first kappa shape index (κ1) is 24.6. The van der Waals surface area contributed by atoms with E-state index < -0.39 is 5.82 Å². The fraction of sp³-hybridized carbons (Fsp3) is 0.269. The molecule has 1 aliphatic rings. The number of fused-ring (bicyclic) bond motifs is 1. The average molecular weight is 493 g/mol. The van der Waals surface area contributed by atoms with Gasteiger partial charge < -0.3 is 15.5 Å². The molecule has 1 aliphatic heterocycles. The van der Waals surface area contributed by atoms with E-state index in [1.165, 1.54) is 24.5 Å². The molecule has 3 aromatic rings. The minimum atomic E-state index is -0.505. The van der Waals surface area contributed by atoms with Gasteiger partial charge in [-0.1, -0.05) is 30.0 Å². The molecule has 1 aromatic heterocycles. The maximum absolute atomic E-state index is 13.5. The highest BCUT2D eigenvalue weighted by atomic mass is 35.5. The van der Waals surface area contributed by atoms with Crippen LogP contribution >= 0.6 is 11.6 Å². The van der Waals surface area contributed by atoms with Crippen molar-refractivity contribution in [1.82, 2.24) is 19.8 Å². The van der Waals surface area contributed by atoms with Gasteiger partial charge in [0.25, 0.3) is 0 Å². The van der Waals surface area contributed by atoms with Gasteiger partial charge in [0.15, 0.2) is 0 Å². The van der Waals surface area contributed by atoms with Crippen molar-refractivity contribution in [1.29, 1.82) is 0 Å². The highest BCUT2D eigenvalue weighted by molar-refractivity contribution is 6.31. The minimum Gasteiger partial charge on any atom is -0.340 e. The number of carbonyl (C=O) groups excluding carboxylic acids is 1. The predicted molar refractivity (Wildman–Crippen MR) is 138 cm³/mol. The zero-order chi connectivity index (χ0) is 24.8. The number of anilines is 3. The summed E-state index contributed by atoms with van der Waals surface area (Å²) in [7, 11) is 2.13. The van der Waals surface area contributed by atoms with Crippen LogP contribution in [0.2, 0.25) is 5.02 Å². The van der Waals surface area contributed by atoms with E-state index in [0.717, 1.165) is 39.1 Å². The van der Waals surface area contributed by atoms with Crippen molar-refractivity contribution in [3.8, 4) is 11.8 Å². The first-order valence-corrected chi connectivity index (χ1v) is 11.6. The number of amides is 1. The second-order valence-electron chi connectivity index (χ2n) is 8.28. The van der Waals surface area contributed by atoms with Gasteiger partial charge in [-0.2, -0.15) is 0 Å². The van der Waals surface area contributed by atoms with E-state index in [4.69, 9.17) is 11.6 Å². The number of benzene rings is 2. The Kier molecular flexibility index (Phi) is 7.93. The Bertz CT molecular complexity index is 1310. The molecule has 2 heterocycles. The Morgan fingerprint density at radius 1 is 1.23 bits per heavy atom. The molecule has 1 amide bonds. The summed E-state index contributed by atoms with van der Waals surface area (Å²) in [6.07, 6.45) is 3.36. The lowest BCUT2D eigenvalue weighted by atomic mass is 10.1. The van der Waals surface area contributed by atoms with E-state index in [1.807, 2.05) is 6.07 Å². The monoisotopic (exact) mass is 492 g/mol. The van der Waals surface area contributed by atoms with Gasteiger partial charge in [-0.25, -0.2) is 14.4 Å². The topological polar surface area (TPSA) is 73.4 Å². The van der Waals surface area contributed by atoms with Gasteiger partial charge in [-0.3, -0.25) is 9.69 Å².